The van der Waals surface area contributed by atoms with E-state index in [1.165, 1.54) is 0 Å². The highest BCUT2D eigenvalue weighted by Crippen LogP contribution is 2.24. The number of rotatable bonds is 3. The van der Waals surface area contributed by atoms with Gasteiger partial charge in [-0.25, -0.2) is 0 Å². The molecule has 84 valence electrons. The van der Waals surface area contributed by atoms with Gasteiger partial charge in [-0.05, 0) is 26.0 Å². The van der Waals surface area contributed by atoms with Crippen molar-refractivity contribution in [2.75, 3.05) is 0 Å². The molecule has 2 rings (SSSR count). The molecule has 1 aromatic carbocycles. The maximum atomic E-state index is 5.80. The summed E-state index contributed by atoms with van der Waals surface area (Å²) >= 11 is 0. The first-order valence-corrected chi connectivity index (χ1v) is 5.44. The van der Waals surface area contributed by atoms with Crippen LogP contribution in [0.2, 0.25) is 0 Å². The summed E-state index contributed by atoms with van der Waals surface area (Å²) in [6.07, 6.45) is 1.75. The summed E-state index contributed by atoms with van der Waals surface area (Å²) in [4.78, 5) is 4.33. The monoisotopic (exact) mass is 216 g/mol. The molecule has 16 heavy (non-hydrogen) atoms. The Morgan fingerprint density at radius 3 is 2.69 bits per heavy atom. The number of nitrogens with two attached hydrogens (primary N) is 1. The zero-order chi connectivity index (χ0) is 11.5. The van der Waals surface area contributed by atoms with Crippen molar-refractivity contribution in [1.82, 2.24) is 4.98 Å². The van der Waals surface area contributed by atoms with E-state index in [4.69, 9.17) is 10.5 Å². The van der Waals surface area contributed by atoms with Crippen LogP contribution in [0, 0.1) is 0 Å². The molecule has 1 aromatic heterocycles. The maximum absolute atomic E-state index is 5.80. The number of hydrogen-bond donors (Lipinski definition) is 1. The second-order valence-electron chi connectivity index (χ2n) is 4.01. The van der Waals surface area contributed by atoms with Crippen molar-refractivity contribution in [2.45, 2.75) is 26.0 Å². The molecule has 0 bridgehead atoms. The van der Waals surface area contributed by atoms with Gasteiger partial charge in [-0.3, -0.25) is 4.98 Å². The lowest BCUT2D eigenvalue weighted by molar-refractivity contribution is 0.199. The molecule has 1 unspecified atom stereocenters. The average Bonchev–Trinajstić information content (AvgIpc) is 2.29. The lowest BCUT2D eigenvalue weighted by Gasteiger charge is -2.18. The molecule has 1 heterocycles. The van der Waals surface area contributed by atoms with Crippen LogP contribution in [0.25, 0.3) is 10.9 Å². The van der Waals surface area contributed by atoms with E-state index in [0.717, 1.165) is 16.7 Å². The van der Waals surface area contributed by atoms with Crippen molar-refractivity contribution in [1.29, 1.82) is 0 Å². The van der Waals surface area contributed by atoms with E-state index in [2.05, 4.69) is 4.98 Å². The number of benzene rings is 1. The highest BCUT2D eigenvalue weighted by molar-refractivity contribution is 5.84. The number of ether oxygens (including phenoxy) is 1. The number of fused-ring (bicyclic) bond motifs is 1. The quantitative estimate of drug-likeness (QED) is 0.856. The fourth-order valence-corrected chi connectivity index (χ4v) is 1.48. The van der Waals surface area contributed by atoms with Gasteiger partial charge in [-0.1, -0.05) is 18.2 Å². The molecule has 0 amide bonds. The van der Waals surface area contributed by atoms with E-state index in [0.29, 0.717) is 0 Å². The molecule has 2 atom stereocenters. The molecule has 0 fully saturated rings. The zero-order valence-electron chi connectivity index (χ0n) is 9.55. The number of aromatic nitrogens is 1. The van der Waals surface area contributed by atoms with Gasteiger partial charge < -0.3 is 10.5 Å². The second-order valence-corrected chi connectivity index (χ2v) is 4.01. The lowest BCUT2D eigenvalue weighted by Crippen LogP contribution is -2.33. The van der Waals surface area contributed by atoms with Gasteiger partial charge in [0.1, 0.15) is 17.4 Å². The maximum Gasteiger partial charge on any atom is 0.146 e. The molecule has 3 heteroatoms. The van der Waals surface area contributed by atoms with Crippen LogP contribution >= 0.6 is 0 Å². The minimum atomic E-state index is -0.0207. The van der Waals surface area contributed by atoms with Gasteiger partial charge in [0.25, 0.3) is 0 Å². The average molecular weight is 216 g/mol. The Morgan fingerprint density at radius 2 is 1.94 bits per heavy atom. The van der Waals surface area contributed by atoms with Crippen molar-refractivity contribution in [2.24, 2.45) is 5.73 Å². The molecule has 0 aliphatic carbocycles. The Kier molecular flexibility index (Phi) is 3.06. The Labute approximate surface area is 95.2 Å². The van der Waals surface area contributed by atoms with Crippen molar-refractivity contribution in [3.8, 4) is 5.75 Å². The summed E-state index contributed by atoms with van der Waals surface area (Å²) in [5.74, 6) is 0.794. The molecule has 0 saturated carbocycles. The first-order chi connectivity index (χ1) is 7.68. The van der Waals surface area contributed by atoms with Crippen molar-refractivity contribution in [3.63, 3.8) is 0 Å². The third-order valence-corrected chi connectivity index (χ3v) is 2.65. The Hall–Kier alpha value is -1.61. The molecular formula is C13H16N2O. The molecule has 0 radical (unpaired) electrons. The minimum absolute atomic E-state index is 0.000955. The van der Waals surface area contributed by atoms with Gasteiger partial charge in [0.15, 0.2) is 0 Å². The van der Waals surface area contributed by atoms with Crippen LogP contribution in [0.3, 0.4) is 0 Å². The summed E-state index contributed by atoms with van der Waals surface area (Å²) in [6.45, 7) is 3.90. The normalized spacial score (nSPS) is 14.7. The van der Waals surface area contributed by atoms with E-state index in [1.807, 2.05) is 44.2 Å². The molecule has 0 aliphatic rings. The molecule has 3 nitrogen and oxygen atoms in total. The van der Waals surface area contributed by atoms with Gasteiger partial charge >= 0.3 is 0 Å². The standard InChI is InChI=1S/C13H16N2O/c1-9(14)10(2)16-12-7-3-5-11-6-4-8-15-13(11)12/h3-10H,14H2,1-2H3/t9-,10?/m0/s1. The van der Waals surface area contributed by atoms with Gasteiger partial charge in [0, 0.05) is 17.6 Å². The summed E-state index contributed by atoms with van der Waals surface area (Å²) < 4.78 is 5.80. The number of hydrogen-bond acceptors (Lipinski definition) is 3. The van der Waals surface area contributed by atoms with Crippen LogP contribution in [0.5, 0.6) is 5.75 Å². The molecule has 2 N–H and O–H groups in total. The smallest absolute Gasteiger partial charge is 0.146 e. The predicted molar refractivity (Wildman–Crippen MR) is 65.5 cm³/mol. The van der Waals surface area contributed by atoms with E-state index in [9.17, 15) is 0 Å². The Balaban J connectivity index is 2.37. The van der Waals surface area contributed by atoms with Gasteiger partial charge in [0.2, 0.25) is 0 Å². The SMILES string of the molecule is CC(Oc1cccc2cccnc12)[C@H](C)N. The molecular weight excluding hydrogens is 200 g/mol. The molecule has 2 aromatic rings. The largest absolute Gasteiger partial charge is 0.487 e. The van der Waals surface area contributed by atoms with Crippen LogP contribution in [0.15, 0.2) is 36.5 Å². The molecule has 0 aliphatic heterocycles. The number of para-hydroxylation sites is 1. The molecule has 0 spiro atoms. The van der Waals surface area contributed by atoms with Crippen molar-refractivity contribution >= 4 is 10.9 Å². The lowest BCUT2D eigenvalue weighted by atomic mass is 10.2. The van der Waals surface area contributed by atoms with Gasteiger partial charge in [-0.15, -0.1) is 0 Å². The fourth-order valence-electron chi connectivity index (χ4n) is 1.48. The Morgan fingerprint density at radius 1 is 1.19 bits per heavy atom. The van der Waals surface area contributed by atoms with E-state index in [-0.39, 0.29) is 12.1 Å². The fraction of sp³-hybridized carbons (Fsp3) is 0.308. The van der Waals surface area contributed by atoms with Gasteiger partial charge in [0.05, 0.1) is 0 Å². The topological polar surface area (TPSA) is 48.1 Å². The summed E-state index contributed by atoms with van der Waals surface area (Å²) in [7, 11) is 0. The highest BCUT2D eigenvalue weighted by Gasteiger charge is 2.11. The summed E-state index contributed by atoms with van der Waals surface area (Å²) in [6, 6.07) is 9.85. The number of nitrogens with zero attached hydrogens (tertiary/aromatic N) is 1. The summed E-state index contributed by atoms with van der Waals surface area (Å²) in [5, 5.41) is 1.08. The second kappa shape index (κ2) is 4.49. The van der Waals surface area contributed by atoms with Gasteiger partial charge in [-0.2, -0.15) is 0 Å². The van der Waals surface area contributed by atoms with Crippen LogP contribution in [-0.2, 0) is 0 Å². The number of pyridine rings is 1. The third kappa shape index (κ3) is 2.14. The van der Waals surface area contributed by atoms with Crippen LogP contribution in [-0.4, -0.2) is 17.1 Å². The first-order valence-electron chi connectivity index (χ1n) is 5.44. The first kappa shape index (κ1) is 10.9. The van der Waals surface area contributed by atoms with E-state index in [1.54, 1.807) is 6.20 Å². The summed E-state index contributed by atoms with van der Waals surface area (Å²) in [5.41, 5.74) is 6.67. The predicted octanol–water partition coefficient (Wildman–Crippen LogP) is 2.35. The minimum Gasteiger partial charge on any atom is -0.487 e. The van der Waals surface area contributed by atoms with Crippen LogP contribution < -0.4 is 10.5 Å². The zero-order valence-corrected chi connectivity index (χ0v) is 9.55. The third-order valence-electron chi connectivity index (χ3n) is 2.65. The van der Waals surface area contributed by atoms with Crippen molar-refractivity contribution in [3.05, 3.63) is 36.5 Å². The van der Waals surface area contributed by atoms with Crippen molar-refractivity contribution < 1.29 is 4.74 Å². The van der Waals surface area contributed by atoms with Crippen LogP contribution in [0.4, 0.5) is 0 Å². The van der Waals surface area contributed by atoms with Crippen LogP contribution in [0.1, 0.15) is 13.8 Å². The highest BCUT2D eigenvalue weighted by atomic mass is 16.5. The van der Waals surface area contributed by atoms with E-state index < -0.39 is 0 Å². The molecule has 0 saturated heterocycles. The van der Waals surface area contributed by atoms with E-state index >= 15 is 0 Å². The Bertz CT molecular complexity index is 477.